The highest BCUT2D eigenvalue weighted by Gasteiger charge is 2.42. The summed E-state index contributed by atoms with van der Waals surface area (Å²) >= 11 is 3.55. The van der Waals surface area contributed by atoms with E-state index in [1.807, 2.05) is 25.1 Å². The van der Waals surface area contributed by atoms with Gasteiger partial charge in [-0.05, 0) is 42.5 Å². The van der Waals surface area contributed by atoms with E-state index in [0.29, 0.717) is 5.92 Å². The number of allylic oxidation sites excluding steroid dienone is 2. The standard InChI is InChI=1S/C19H17BrN2O2/c1-11-8-9-16(22(23)24)17-14-6-3-7-15(14)19(21-18(11)17)12-4-2-5-13(20)10-12/h2-6,8-10,14-15,19,21H,7H2,1H3/t14-,15+,19?/m1/s1. The molecular weight excluding hydrogens is 368 g/mol. The Morgan fingerprint density at radius 2 is 2.12 bits per heavy atom. The van der Waals surface area contributed by atoms with Crippen LogP contribution in [0, 0.1) is 23.0 Å². The van der Waals surface area contributed by atoms with E-state index in [0.717, 1.165) is 27.7 Å². The zero-order valence-corrected chi connectivity index (χ0v) is 14.8. The Morgan fingerprint density at radius 3 is 2.88 bits per heavy atom. The lowest BCUT2D eigenvalue weighted by Gasteiger charge is -2.38. The number of rotatable bonds is 2. The molecule has 1 aliphatic carbocycles. The highest BCUT2D eigenvalue weighted by Crippen LogP contribution is 2.53. The molecule has 2 aromatic rings. The molecule has 0 saturated heterocycles. The Bertz CT molecular complexity index is 862. The lowest BCUT2D eigenvalue weighted by Crippen LogP contribution is -2.30. The Morgan fingerprint density at radius 1 is 1.29 bits per heavy atom. The number of nitrogens with one attached hydrogen (secondary N) is 1. The van der Waals surface area contributed by atoms with Crippen molar-refractivity contribution in [2.45, 2.75) is 25.3 Å². The fourth-order valence-corrected chi connectivity index (χ4v) is 4.44. The number of anilines is 1. The summed E-state index contributed by atoms with van der Waals surface area (Å²) in [6.45, 7) is 2.01. The van der Waals surface area contributed by atoms with Crippen LogP contribution in [0.5, 0.6) is 0 Å². The third kappa shape index (κ3) is 2.35. The first-order valence-electron chi connectivity index (χ1n) is 8.03. The molecule has 0 spiro atoms. The van der Waals surface area contributed by atoms with Crippen LogP contribution >= 0.6 is 15.9 Å². The maximum Gasteiger partial charge on any atom is 0.275 e. The van der Waals surface area contributed by atoms with Gasteiger partial charge in [0, 0.05) is 22.1 Å². The summed E-state index contributed by atoms with van der Waals surface area (Å²) in [5.41, 5.74) is 4.23. The molecule has 1 aliphatic heterocycles. The molecule has 0 bridgehead atoms. The summed E-state index contributed by atoms with van der Waals surface area (Å²) in [5.74, 6) is 0.387. The average Bonchev–Trinajstić information content (AvgIpc) is 3.04. The molecule has 2 aliphatic rings. The highest BCUT2D eigenvalue weighted by atomic mass is 79.9. The van der Waals surface area contributed by atoms with Gasteiger partial charge in [0.1, 0.15) is 0 Å². The van der Waals surface area contributed by atoms with Gasteiger partial charge in [0.2, 0.25) is 0 Å². The highest BCUT2D eigenvalue weighted by molar-refractivity contribution is 9.10. The number of hydrogen-bond donors (Lipinski definition) is 1. The Hall–Kier alpha value is -2.14. The fraction of sp³-hybridized carbons (Fsp3) is 0.263. The van der Waals surface area contributed by atoms with Gasteiger partial charge in [-0.2, -0.15) is 0 Å². The monoisotopic (exact) mass is 384 g/mol. The molecule has 5 heteroatoms. The van der Waals surface area contributed by atoms with Crippen LogP contribution in [0.2, 0.25) is 0 Å². The summed E-state index contributed by atoms with van der Waals surface area (Å²) in [6.07, 6.45) is 5.23. The van der Waals surface area contributed by atoms with Crippen LogP contribution < -0.4 is 5.32 Å². The zero-order chi connectivity index (χ0) is 16.8. The second kappa shape index (κ2) is 5.74. The van der Waals surface area contributed by atoms with Gasteiger partial charge in [0.05, 0.1) is 16.5 Å². The van der Waals surface area contributed by atoms with Crippen LogP contribution in [0.25, 0.3) is 0 Å². The van der Waals surface area contributed by atoms with Crippen molar-refractivity contribution in [3.63, 3.8) is 0 Å². The van der Waals surface area contributed by atoms with Crippen molar-refractivity contribution in [3.05, 3.63) is 79.8 Å². The van der Waals surface area contributed by atoms with Crippen molar-refractivity contribution in [1.29, 1.82) is 0 Å². The number of aryl methyl sites for hydroxylation is 1. The number of nitro benzene ring substituents is 1. The normalized spacial score (nSPS) is 24.2. The zero-order valence-electron chi connectivity index (χ0n) is 13.2. The molecule has 0 amide bonds. The molecular formula is C19H17BrN2O2. The SMILES string of the molecule is Cc1ccc([N+](=O)[O-])c2c1NC(c1cccc(Br)c1)[C@H]1CC=C[C@@H]21. The summed E-state index contributed by atoms with van der Waals surface area (Å²) in [7, 11) is 0. The molecule has 3 atom stereocenters. The molecule has 24 heavy (non-hydrogen) atoms. The van der Waals surface area contributed by atoms with Gasteiger partial charge < -0.3 is 5.32 Å². The van der Waals surface area contributed by atoms with Gasteiger partial charge in [0.25, 0.3) is 5.69 Å². The minimum absolute atomic E-state index is 0.0885. The van der Waals surface area contributed by atoms with Gasteiger partial charge in [-0.15, -0.1) is 0 Å². The van der Waals surface area contributed by atoms with Crippen LogP contribution in [-0.2, 0) is 0 Å². The first kappa shape index (κ1) is 15.4. The lowest BCUT2D eigenvalue weighted by atomic mass is 9.76. The molecule has 1 unspecified atom stereocenters. The van der Waals surface area contributed by atoms with E-state index in [-0.39, 0.29) is 22.6 Å². The molecule has 4 rings (SSSR count). The van der Waals surface area contributed by atoms with Crippen LogP contribution in [-0.4, -0.2) is 4.92 Å². The van der Waals surface area contributed by atoms with Crippen LogP contribution in [0.15, 0.2) is 53.0 Å². The van der Waals surface area contributed by atoms with Gasteiger partial charge >= 0.3 is 0 Å². The first-order valence-corrected chi connectivity index (χ1v) is 8.82. The smallest absolute Gasteiger partial charge is 0.275 e. The Kier molecular flexibility index (Phi) is 3.68. The summed E-state index contributed by atoms with van der Waals surface area (Å²) in [5, 5.41) is 15.1. The van der Waals surface area contributed by atoms with Gasteiger partial charge in [-0.3, -0.25) is 10.1 Å². The number of nitrogens with zero attached hydrogens (tertiary/aromatic N) is 1. The second-order valence-corrected chi connectivity index (χ2v) is 7.39. The fourth-order valence-electron chi connectivity index (χ4n) is 4.02. The van der Waals surface area contributed by atoms with E-state index in [4.69, 9.17) is 0 Å². The number of fused-ring (bicyclic) bond motifs is 3. The summed E-state index contributed by atoms with van der Waals surface area (Å²) in [6, 6.07) is 11.9. The van der Waals surface area contributed by atoms with Crippen molar-refractivity contribution >= 4 is 27.3 Å². The van der Waals surface area contributed by atoms with Crippen molar-refractivity contribution in [2.24, 2.45) is 5.92 Å². The average molecular weight is 385 g/mol. The lowest BCUT2D eigenvalue weighted by molar-refractivity contribution is -0.385. The van der Waals surface area contributed by atoms with E-state index in [1.54, 1.807) is 6.07 Å². The van der Waals surface area contributed by atoms with E-state index >= 15 is 0 Å². The van der Waals surface area contributed by atoms with E-state index < -0.39 is 0 Å². The number of hydrogen-bond acceptors (Lipinski definition) is 3. The predicted molar refractivity (Wildman–Crippen MR) is 98.3 cm³/mol. The minimum atomic E-state index is -0.261. The second-order valence-electron chi connectivity index (χ2n) is 6.48. The molecule has 2 aromatic carbocycles. The number of halogens is 1. The predicted octanol–water partition coefficient (Wildman–Crippen LogP) is 5.49. The van der Waals surface area contributed by atoms with Crippen molar-refractivity contribution in [1.82, 2.24) is 0 Å². The third-order valence-corrected chi connectivity index (χ3v) is 5.60. The molecule has 122 valence electrons. The molecule has 0 aromatic heterocycles. The van der Waals surface area contributed by atoms with Gasteiger partial charge in [0.15, 0.2) is 0 Å². The van der Waals surface area contributed by atoms with E-state index in [2.05, 4.69) is 45.5 Å². The van der Waals surface area contributed by atoms with Crippen molar-refractivity contribution in [2.75, 3.05) is 5.32 Å². The van der Waals surface area contributed by atoms with Crippen molar-refractivity contribution in [3.8, 4) is 0 Å². The first-order chi connectivity index (χ1) is 11.6. The minimum Gasteiger partial charge on any atom is -0.377 e. The molecule has 1 heterocycles. The molecule has 0 radical (unpaired) electrons. The maximum atomic E-state index is 11.5. The van der Waals surface area contributed by atoms with Gasteiger partial charge in [-0.25, -0.2) is 0 Å². The molecule has 0 fully saturated rings. The Labute approximate surface area is 148 Å². The van der Waals surface area contributed by atoms with Crippen LogP contribution in [0.3, 0.4) is 0 Å². The van der Waals surface area contributed by atoms with Crippen molar-refractivity contribution < 1.29 is 4.92 Å². The third-order valence-electron chi connectivity index (χ3n) is 5.11. The van der Waals surface area contributed by atoms with Gasteiger partial charge in [-0.1, -0.05) is 46.3 Å². The summed E-state index contributed by atoms with van der Waals surface area (Å²) in [4.78, 5) is 11.3. The van der Waals surface area contributed by atoms with Crippen LogP contribution in [0.4, 0.5) is 11.4 Å². The van der Waals surface area contributed by atoms with Crippen LogP contribution in [0.1, 0.15) is 35.1 Å². The largest absolute Gasteiger partial charge is 0.377 e. The molecule has 4 nitrogen and oxygen atoms in total. The quantitative estimate of drug-likeness (QED) is 0.422. The molecule has 1 N–H and O–H groups in total. The topological polar surface area (TPSA) is 55.2 Å². The number of benzene rings is 2. The molecule has 0 saturated carbocycles. The summed E-state index contributed by atoms with van der Waals surface area (Å²) < 4.78 is 1.05. The maximum absolute atomic E-state index is 11.5. The number of nitro groups is 1. The van der Waals surface area contributed by atoms with E-state index in [9.17, 15) is 10.1 Å². The van der Waals surface area contributed by atoms with E-state index in [1.165, 1.54) is 5.56 Å². The Balaban J connectivity index is 1.88.